The van der Waals surface area contributed by atoms with E-state index in [9.17, 15) is 0 Å². The van der Waals surface area contributed by atoms with Crippen molar-refractivity contribution in [3.8, 4) is 0 Å². The molecule has 0 spiro atoms. The van der Waals surface area contributed by atoms with E-state index in [1.807, 2.05) is 0 Å². The zero-order valence-electron chi connectivity index (χ0n) is 6.15. The Hall–Kier alpha value is -0.580. The molecule has 68 valence electrons. The van der Waals surface area contributed by atoms with Crippen LogP contribution in [0.2, 0.25) is 0 Å². The van der Waals surface area contributed by atoms with E-state index in [0.29, 0.717) is 5.65 Å². The van der Waals surface area contributed by atoms with Gasteiger partial charge in [-0.05, 0) is 0 Å². The standard InChI is InChI=1S/C6H3Cl3N4/c7-6(8,9)5-12-11-4-3-10-1-2-13(4)5/h1-3H. The number of hydrogen-bond acceptors (Lipinski definition) is 3. The fraction of sp³-hybridized carbons (Fsp3) is 0.167. The van der Waals surface area contributed by atoms with E-state index in [1.54, 1.807) is 16.8 Å². The average molecular weight is 237 g/mol. The van der Waals surface area contributed by atoms with E-state index in [0.717, 1.165) is 0 Å². The van der Waals surface area contributed by atoms with Crippen molar-refractivity contribution in [2.24, 2.45) is 0 Å². The number of halogens is 3. The van der Waals surface area contributed by atoms with Gasteiger partial charge in [0.25, 0.3) is 3.79 Å². The van der Waals surface area contributed by atoms with Crippen LogP contribution in [0.15, 0.2) is 18.6 Å². The SMILES string of the molecule is ClC(Cl)(Cl)c1nnc2cnccn12. The second-order valence-electron chi connectivity index (χ2n) is 2.33. The van der Waals surface area contributed by atoms with Gasteiger partial charge in [0.2, 0.25) is 0 Å². The summed E-state index contributed by atoms with van der Waals surface area (Å²) in [6.07, 6.45) is 4.73. The highest BCUT2D eigenvalue weighted by atomic mass is 35.6. The summed E-state index contributed by atoms with van der Waals surface area (Å²) in [4.78, 5) is 3.86. The van der Waals surface area contributed by atoms with Gasteiger partial charge in [-0.3, -0.25) is 9.38 Å². The van der Waals surface area contributed by atoms with E-state index in [2.05, 4.69) is 15.2 Å². The maximum absolute atomic E-state index is 5.67. The maximum Gasteiger partial charge on any atom is 0.250 e. The molecule has 0 atom stereocenters. The van der Waals surface area contributed by atoms with Crippen molar-refractivity contribution in [1.82, 2.24) is 19.6 Å². The van der Waals surface area contributed by atoms with Crippen molar-refractivity contribution in [1.29, 1.82) is 0 Å². The molecule has 13 heavy (non-hydrogen) atoms. The van der Waals surface area contributed by atoms with Gasteiger partial charge in [-0.2, -0.15) is 0 Å². The minimum absolute atomic E-state index is 0.259. The number of nitrogens with zero attached hydrogens (tertiary/aromatic N) is 4. The van der Waals surface area contributed by atoms with Crippen LogP contribution in [0.4, 0.5) is 0 Å². The molecule has 7 heteroatoms. The van der Waals surface area contributed by atoms with Crippen molar-refractivity contribution >= 4 is 40.4 Å². The molecule has 0 aliphatic rings. The number of rotatable bonds is 0. The lowest BCUT2D eigenvalue weighted by Crippen LogP contribution is -2.06. The Morgan fingerprint density at radius 2 is 2.00 bits per heavy atom. The summed E-state index contributed by atoms with van der Waals surface area (Å²) in [7, 11) is 0. The quantitative estimate of drug-likeness (QED) is 0.658. The van der Waals surface area contributed by atoms with E-state index in [4.69, 9.17) is 34.8 Å². The van der Waals surface area contributed by atoms with Crippen molar-refractivity contribution < 1.29 is 0 Å². The summed E-state index contributed by atoms with van der Waals surface area (Å²) in [6, 6.07) is 0. The number of hydrogen-bond donors (Lipinski definition) is 0. The first kappa shape index (κ1) is 8.99. The molecule has 2 aromatic heterocycles. The van der Waals surface area contributed by atoms with Crippen LogP contribution in [0, 0.1) is 0 Å². The van der Waals surface area contributed by atoms with Crippen LogP contribution in [0.1, 0.15) is 5.82 Å². The first-order valence-electron chi connectivity index (χ1n) is 3.31. The first-order valence-corrected chi connectivity index (χ1v) is 4.44. The highest BCUT2D eigenvalue weighted by molar-refractivity contribution is 6.66. The summed E-state index contributed by atoms with van der Waals surface area (Å²) in [5.41, 5.74) is 0.545. The van der Waals surface area contributed by atoms with Gasteiger partial charge in [-0.25, -0.2) is 0 Å². The fourth-order valence-electron chi connectivity index (χ4n) is 0.947. The summed E-state index contributed by atoms with van der Waals surface area (Å²) in [6.45, 7) is 0. The van der Waals surface area contributed by atoms with Crippen molar-refractivity contribution in [2.75, 3.05) is 0 Å². The van der Waals surface area contributed by atoms with Gasteiger partial charge >= 0.3 is 0 Å². The molecular formula is C6H3Cl3N4. The van der Waals surface area contributed by atoms with Gasteiger partial charge in [0, 0.05) is 12.4 Å². The van der Waals surface area contributed by atoms with Crippen molar-refractivity contribution in [2.45, 2.75) is 3.79 Å². The second-order valence-corrected chi connectivity index (χ2v) is 4.61. The Kier molecular flexibility index (Phi) is 2.06. The maximum atomic E-state index is 5.67. The summed E-state index contributed by atoms with van der Waals surface area (Å²) in [5.74, 6) is 0.259. The Morgan fingerprint density at radius 3 is 2.69 bits per heavy atom. The molecule has 0 aromatic carbocycles. The molecular weight excluding hydrogens is 234 g/mol. The molecule has 0 saturated heterocycles. The predicted octanol–water partition coefficient (Wildman–Crippen LogP) is 1.95. The van der Waals surface area contributed by atoms with Crippen molar-refractivity contribution in [3.63, 3.8) is 0 Å². The van der Waals surface area contributed by atoms with Crippen LogP contribution < -0.4 is 0 Å². The molecule has 0 N–H and O–H groups in total. The molecule has 0 bridgehead atoms. The smallest absolute Gasteiger partial charge is 0.250 e. The van der Waals surface area contributed by atoms with Crippen LogP contribution in [-0.2, 0) is 3.79 Å². The van der Waals surface area contributed by atoms with Crippen LogP contribution in [0.5, 0.6) is 0 Å². The number of alkyl halides is 3. The molecule has 0 aliphatic heterocycles. The highest BCUT2D eigenvalue weighted by Crippen LogP contribution is 2.36. The Bertz CT molecular complexity index is 433. The topological polar surface area (TPSA) is 43.1 Å². The van der Waals surface area contributed by atoms with Gasteiger partial charge < -0.3 is 0 Å². The molecule has 2 heterocycles. The predicted molar refractivity (Wildman–Crippen MR) is 50.0 cm³/mol. The average Bonchev–Trinajstić information content (AvgIpc) is 2.45. The molecule has 0 fully saturated rings. The van der Waals surface area contributed by atoms with Crippen LogP contribution >= 0.6 is 34.8 Å². The van der Waals surface area contributed by atoms with Gasteiger partial charge in [0.15, 0.2) is 11.5 Å². The molecule has 2 rings (SSSR count). The fourth-order valence-corrected chi connectivity index (χ4v) is 1.33. The van der Waals surface area contributed by atoms with E-state index < -0.39 is 3.79 Å². The zero-order chi connectivity index (χ0) is 9.47. The third-order valence-electron chi connectivity index (χ3n) is 1.47. The van der Waals surface area contributed by atoms with Gasteiger partial charge in [-0.15, -0.1) is 10.2 Å². The van der Waals surface area contributed by atoms with E-state index >= 15 is 0 Å². The largest absolute Gasteiger partial charge is 0.280 e. The summed E-state index contributed by atoms with van der Waals surface area (Å²) in [5, 5.41) is 7.53. The van der Waals surface area contributed by atoms with Crippen molar-refractivity contribution in [3.05, 3.63) is 24.4 Å². The monoisotopic (exact) mass is 236 g/mol. The third-order valence-corrected chi connectivity index (χ3v) is 1.97. The number of aromatic nitrogens is 4. The molecule has 0 amide bonds. The lowest BCUT2D eigenvalue weighted by atomic mass is 10.6. The Balaban J connectivity index is 2.72. The molecule has 0 aliphatic carbocycles. The van der Waals surface area contributed by atoms with Gasteiger partial charge in [0.1, 0.15) is 0 Å². The van der Waals surface area contributed by atoms with Gasteiger partial charge in [-0.1, -0.05) is 34.8 Å². The molecule has 0 radical (unpaired) electrons. The molecule has 0 saturated carbocycles. The lowest BCUT2D eigenvalue weighted by Gasteiger charge is -2.06. The van der Waals surface area contributed by atoms with Crippen LogP contribution in [0.3, 0.4) is 0 Å². The zero-order valence-corrected chi connectivity index (χ0v) is 8.42. The summed E-state index contributed by atoms with van der Waals surface area (Å²) >= 11 is 17.0. The molecule has 4 nitrogen and oxygen atoms in total. The van der Waals surface area contributed by atoms with E-state index in [-0.39, 0.29) is 5.82 Å². The first-order chi connectivity index (χ1) is 6.09. The van der Waals surface area contributed by atoms with Crippen LogP contribution in [-0.4, -0.2) is 19.6 Å². The minimum atomic E-state index is -1.57. The second kappa shape index (κ2) is 2.97. The summed E-state index contributed by atoms with van der Waals surface area (Å²) < 4.78 is 0.000764. The normalized spacial score (nSPS) is 12.2. The minimum Gasteiger partial charge on any atom is -0.280 e. The van der Waals surface area contributed by atoms with Crippen LogP contribution in [0.25, 0.3) is 5.65 Å². The Morgan fingerprint density at radius 1 is 1.23 bits per heavy atom. The number of fused-ring (bicyclic) bond motifs is 1. The van der Waals surface area contributed by atoms with Gasteiger partial charge in [0.05, 0.1) is 6.20 Å². The van der Waals surface area contributed by atoms with E-state index in [1.165, 1.54) is 6.20 Å². The molecule has 0 unspecified atom stereocenters. The lowest BCUT2D eigenvalue weighted by molar-refractivity contribution is 0.930. The third kappa shape index (κ3) is 1.57. The highest BCUT2D eigenvalue weighted by Gasteiger charge is 2.29. The molecule has 2 aromatic rings. The Labute approximate surface area is 88.5 Å².